The van der Waals surface area contributed by atoms with E-state index < -0.39 is 20.1 Å². The second kappa shape index (κ2) is 7.91. The Labute approximate surface area is 94.5 Å². The van der Waals surface area contributed by atoms with E-state index in [9.17, 15) is 26.1 Å². The number of hydrogen-bond acceptors (Lipinski definition) is 0. The van der Waals surface area contributed by atoms with Gasteiger partial charge in [-0.2, -0.15) is 0 Å². The van der Waals surface area contributed by atoms with Gasteiger partial charge in [0.05, 0.1) is 0 Å². The van der Waals surface area contributed by atoms with Gasteiger partial charge in [-0.15, -0.1) is 0 Å². The SMILES string of the molecule is FB(F)F.FC(F)(F)C[CH2][K]. The molecule has 0 fully saturated rings. The molecule has 11 heavy (non-hydrogen) atoms. The van der Waals surface area contributed by atoms with E-state index in [1.807, 2.05) is 0 Å². The van der Waals surface area contributed by atoms with Gasteiger partial charge in [0.2, 0.25) is 0 Å². The Hall–Kier alpha value is 1.28. The zero-order valence-corrected chi connectivity index (χ0v) is 8.88. The molecule has 0 atom stereocenters. The van der Waals surface area contributed by atoms with Crippen LogP contribution < -0.4 is 0 Å². The van der Waals surface area contributed by atoms with Gasteiger partial charge in [-0.1, -0.05) is 0 Å². The molecule has 0 amide bonds. The van der Waals surface area contributed by atoms with Crippen molar-refractivity contribution in [2.45, 2.75) is 13.1 Å². The molecule has 0 N–H and O–H groups in total. The molecule has 0 aliphatic carbocycles. The van der Waals surface area contributed by atoms with Crippen LogP contribution >= 0.6 is 0 Å². The third kappa shape index (κ3) is 34.8. The van der Waals surface area contributed by atoms with Crippen molar-refractivity contribution in [3.63, 3.8) is 0 Å². The maximum atomic E-state index is 11.1. The maximum absolute atomic E-state index is 11.1. The third-order valence-corrected chi connectivity index (χ3v) is 1.31. The Morgan fingerprint density at radius 3 is 1.36 bits per heavy atom. The Morgan fingerprint density at radius 2 is 1.36 bits per heavy atom. The van der Waals surface area contributed by atoms with Crippen molar-refractivity contribution in [3.05, 3.63) is 0 Å². The van der Waals surface area contributed by atoms with Gasteiger partial charge in [0, 0.05) is 0 Å². The first-order chi connectivity index (χ1) is 4.79. The number of rotatable bonds is 1. The first-order valence-electron chi connectivity index (χ1n) is 2.78. The Morgan fingerprint density at radius 1 is 1.09 bits per heavy atom. The van der Waals surface area contributed by atoms with Crippen LogP contribution in [0.15, 0.2) is 0 Å². The van der Waals surface area contributed by atoms with Crippen LogP contribution in [0.3, 0.4) is 0 Å². The molecule has 0 spiro atoms. The van der Waals surface area contributed by atoms with Crippen molar-refractivity contribution < 1.29 is 26.1 Å². The minimum atomic E-state index is -3.90. The van der Waals surface area contributed by atoms with Crippen LogP contribution in [0.1, 0.15) is 6.42 Å². The summed E-state index contributed by atoms with van der Waals surface area (Å²) in [5, 5.41) is 0. The third-order valence-electron chi connectivity index (χ3n) is 0.533. The van der Waals surface area contributed by atoms with Gasteiger partial charge in [-0.05, 0) is 0 Å². The van der Waals surface area contributed by atoms with Crippen molar-refractivity contribution in [1.82, 2.24) is 0 Å². The summed E-state index contributed by atoms with van der Waals surface area (Å²) < 4.78 is 62.6. The molecule has 0 aliphatic rings. The monoisotopic (exact) mass is 204 g/mol. The van der Waals surface area contributed by atoms with E-state index in [1.165, 1.54) is 0 Å². The van der Waals surface area contributed by atoms with Gasteiger partial charge in [-0.3, -0.25) is 12.9 Å². The van der Waals surface area contributed by atoms with Crippen molar-refractivity contribution in [3.8, 4) is 0 Å². The Kier molecular flexibility index (Phi) is 10.6. The second-order valence-corrected chi connectivity index (χ2v) is 3.17. The predicted octanol–water partition coefficient (Wildman–Crippen LogP) is 2.41. The molecule has 0 heterocycles. The van der Waals surface area contributed by atoms with Crippen molar-refractivity contribution in [2.75, 3.05) is 0 Å². The van der Waals surface area contributed by atoms with Crippen molar-refractivity contribution in [1.29, 1.82) is 0 Å². The van der Waals surface area contributed by atoms with Crippen LogP contribution in [0, 0.1) is 0 Å². The fourth-order valence-electron chi connectivity index (χ4n) is 0.283. The van der Waals surface area contributed by atoms with E-state index in [0.29, 0.717) is 49.5 Å². The van der Waals surface area contributed by atoms with Crippen LogP contribution in [-0.4, -0.2) is 62.7 Å². The molecule has 0 aromatic carbocycles. The summed E-state index contributed by atoms with van der Waals surface area (Å²) >= 11 is 0.350. The quantitative estimate of drug-likeness (QED) is 0.454. The zero-order chi connectivity index (χ0) is 9.49. The normalized spacial score (nSPS) is 10.2. The van der Waals surface area contributed by atoms with Gasteiger partial charge in [0.1, 0.15) is 0 Å². The fraction of sp³-hybridized carbons (Fsp3) is 1.00. The summed E-state index contributed by atoms with van der Waals surface area (Å²) in [7, 11) is -3.67. The summed E-state index contributed by atoms with van der Waals surface area (Å²) in [6.07, 6.45) is -4.48. The van der Waals surface area contributed by atoms with E-state index in [4.69, 9.17) is 0 Å². The summed E-state index contributed by atoms with van der Waals surface area (Å²) in [6.45, 7) is 0. The molecule has 0 bridgehead atoms. The molecule has 0 nitrogen and oxygen atoms in total. The molecule has 0 saturated carbocycles. The molecule has 0 saturated heterocycles. The molecule has 0 radical (unpaired) electrons. The molecular formula is C3H4BF6K. The molecule has 0 aromatic heterocycles. The minimum absolute atomic E-state index is 0.350. The number of hydrogen-bond donors (Lipinski definition) is 0. The van der Waals surface area contributed by atoms with Crippen LogP contribution in [0.25, 0.3) is 0 Å². The van der Waals surface area contributed by atoms with E-state index in [1.54, 1.807) is 0 Å². The van der Waals surface area contributed by atoms with Crippen molar-refractivity contribution >= 4 is 56.5 Å². The molecule has 0 aromatic rings. The van der Waals surface area contributed by atoms with Gasteiger partial charge in [0.25, 0.3) is 0 Å². The van der Waals surface area contributed by atoms with E-state index >= 15 is 0 Å². The molecular weight excluding hydrogens is 200 g/mol. The summed E-state index contributed by atoms with van der Waals surface area (Å²) in [5.74, 6) is 0. The second-order valence-electron chi connectivity index (χ2n) is 1.61. The number of halogens is 6. The summed E-state index contributed by atoms with van der Waals surface area (Å²) in [5.41, 5.74) is 0. The van der Waals surface area contributed by atoms with E-state index in [0.717, 1.165) is 0 Å². The van der Waals surface area contributed by atoms with Crippen LogP contribution in [0.4, 0.5) is 26.1 Å². The van der Waals surface area contributed by atoms with Crippen LogP contribution in [0.2, 0.25) is 0.515 Å². The molecule has 8 heteroatoms. The number of alkyl halides is 3. The standard InChI is InChI=1S/C3H4F3.BF3.K/c1-2-3(4,5)6;2-1(3)4;/h1-2H2;;. The van der Waals surface area contributed by atoms with Gasteiger partial charge >= 0.3 is 82.8 Å². The predicted molar refractivity (Wildman–Crippen MR) is 30.3 cm³/mol. The van der Waals surface area contributed by atoms with Crippen molar-refractivity contribution in [2.24, 2.45) is 0 Å². The molecule has 0 unspecified atom stereocenters. The Balaban J connectivity index is 0. The van der Waals surface area contributed by atoms with Gasteiger partial charge in [-0.25, -0.2) is 0 Å². The molecule has 0 rings (SSSR count). The molecule has 0 aliphatic heterocycles. The van der Waals surface area contributed by atoms with E-state index in [-0.39, 0.29) is 0 Å². The van der Waals surface area contributed by atoms with E-state index in [2.05, 4.69) is 0 Å². The average Bonchev–Trinajstić information content (AvgIpc) is 1.58. The average molecular weight is 204 g/mol. The fourth-order valence-corrected chi connectivity index (χ4v) is 1.17. The first-order valence-corrected chi connectivity index (χ1v) is 4.99. The Bertz CT molecular complexity index is 79.6. The first kappa shape index (κ1) is 14.8. The van der Waals surface area contributed by atoms with Crippen LogP contribution in [-0.2, 0) is 0 Å². The van der Waals surface area contributed by atoms with Gasteiger partial charge in [0.15, 0.2) is 0 Å². The summed E-state index contributed by atoms with van der Waals surface area (Å²) in [4.78, 5) is 0. The molecule has 62 valence electrons. The van der Waals surface area contributed by atoms with Crippen LogP contribution in [0.5, 0.6) is 0 Å². The zero-order valence-electron chi connectivity index (χ0n) is 5.76. The summed E-state index contributed by atoms with van der Waals surface area (Å²) in [6, 6.07) is 0. The topological polar surface area (TPSA) is 0 Å². The van der Waals surface area contributed by atoms with Gasteiger partial charge < -0.3 is 0 Å².